The molecule has 1 aromatic rings. The van der Waals surface area contributed by atoms with E-state index in [1.54, 1.807) is 0 Å². The van der Waals surface area contributed by atoms with E-state index in [1.165, 1.54) is 6.92 Å². The number of hydrogen-bond acceptors (Lipinski definition) is 6. The minimum absolute atomic E-state index is 0.00945. The molecule has 4 atom stereocenters. The molecule has 2 saturated carbocycles. The van der Waals surface area contributed by atoms with Crippen molar-refractivity contribution in [1.29, 1.82) is 10.5 Å². The lowest BCUT2D eigenvalue weighted by Gasteiger charge is -2.24. The standard InChI is InChI=1S/C25H24N4O3/c1-14(30)31-21-11-16-7-10-18(21)23(16)29-17-8-5-15(6-9-17)22-19(12-26)24(20(13-27)28-4)32-25(22,2)3/h5-6,8-9,16,18,21,23,29H,7,10-11H2,1-3H3/b24-20-. The Morgan fingerprint density at radius 3 is 2.59 bits per heavy atom. The summed E-state index contributed by atoms with van der Waals surface area (Å²) in [7, 11) is 0. The van der Waals surface area contributed by atoms with Gasteiger partial charge in [-0.15, -0.1) is 0 Å². The zero-order chi connectivity index (χ0) is 23.0. The number of carbonyl (C=O) groups is 1. The number of nitriles is 2. The first-order valence-corrected chi connectivity index (χ1v) is 10.7. The maximum atomic E-state index is 11.4. The predicted molar refractivity (Wildman–Crippen MR) is 117 cm³/mol. The summed E-state index contributed by atoms with van der Waals surface area (Å²) < 4.78 is 11.4. The van der Waals surface area contributed by atoms with Crippen molar-refractivity contribution in [2.45, 2.75) is 57.8 Å². The Labute approximate surface area is 187 Å². The van der Waals surface area contributed by atoms with Crippen molar-refractivity contribution in [1.82, 2.24) is 0 Å². The van der Waals surface area contributed by atoms with Crippen LogP contribution in [0.1, 0.15) is 45.6 Å². The van der Waals surface area contributed by atoms with E-state index >= 15 is 0 Å². The zero-order valence-electron chi connectivity index (χ0n) is 18.3. The van der Waals surface area contributed by atoms with Gasteiger partial charge in [0.05, 0.1) is 18.2 Å². The van der Waals surface area contributed by atoms with E-state index < -0.39 is 5.60 Å². The third-order valence-electron chi connectivity index (χ3n) is 6.66. The van der Waals surface area contributed by atoms with E-state index in [-0.39, 0.29) is 35.1 Å². The minimum Gasteiger partial charge on any atom is -0.492 e. The average Bonchev–Trinajstić information content (AvgIpc) is 3.37. The van der Waals surface area contributed by atoms with E-state index in [4.69, 9.17) is 16.0 Å². The Balaban J connectivity index is 1.59. The lowest BCUT2D eigenvalue weighted by molar-refractivity contribution is -0.148. The number of hydrogen-bond donors (Lipinski definition) is 1. The number of allylic oxidation sites excluding steroid dienone is 2. The van der Waals surface area contributed by atoms with Crippen molar-refractivity contribution in [3.8, 4) is 12.1 Å². The largest absolute Gasteiger partial charge is 0.492 e. The fraction of sp³-hybridized carbons (Fsp3) is 0.440. The number of nitrogens with zero attached hydrogens (tertiary/aromatic N) is 3. The number of fused-ring (bicyclic) bond motifs is 2. The first-order chi connectivity index (χ1) is 15.3. The van der Waals surface area contributed by atoms with Crippen LogP contribution in [0.3, 0.4) is 0 Å². The van der Waals surface area contributed by atoms with Crippen LogP contribution in [0.2, 0.25) is 0 Å². The van der Waals surface area contributed by atoms with Crippen LogP contribution in [0.15, 0.2) is 41.3 Å². The van der Waals surface area contributed by atoms with Gasteiger partial charge in [0.25, 0.3) is 0 Å². The molecule has 162 valence electrons. The van der Waals surface area contributed by atoms with Gasteiger partial charge in [-0.05, 0) is 56.7 Å². The molecule has 7 heteroatoms. The van der Waals surface area contributed by atoms with Crippen LogP contribution in [0, 0.1) is 41.1 Å². The van der Waals surface area contributed by atoms with Gasteiger partial charge in [-0.3, -0.25) is 4.79 Å². The lowest BCUT2D eigenvalue weighted by Crippen LogP contribution is -2.29. The Hall–Kier alpha value is -3.76. The van der Waals surface area contributed by atoms with Crippen molar-refractivity contribution >= 4 is 17.2 Å². The molecule has 0 spiro atoms. The molecule has 0 saturated heterocycles. The molecule has 1 aromatic carbocycles. The highest BCUT2D eigenvalue weighted by Gasteiger charge is 2.49. The molecular weight excluding hydrogens is 404 g/mol. The Bertz CT molecular complexity index is 1130. The van der Waals surface area contributed by atoms with Crippen LogP contribution in [0.4, 0.5) is 5.69 Å². The van der Waals surface area contributed by atoms with E-state index in [1.807, 2.05) is 44.2 Å². The van der Waals surface area contributed by atoms with E-state index in [2.05, 4.69) is 16.2 Å². The maximum absolute atomic E-state index is 11.4. The molecule has 2 bridgehead atoms. The second kappa shape index (κ2) is 8.06. The quantitative estimate of drug-likeness (QED) is 0.428. The summed E-state index contributed by atoms with van der Waals surface area (Å²) in [5, 5.41) is 22.6. The molecule has 0 amide bonds. The van der Waals surface area contributed by atoms with Crippen LogP contribution >= 0.6 is 0 Å². The second-order valence-corrected chi connectivity index (χ2v) is 9.01. The van der Waals surface area contributed by atoms with E-state index in [0.717, 1.165) is 30.5 Å². The summed E-state index contributed by atoms with van der Waals surface area (Å²) in [6.45, 7) is 12.3. The van der Waals surface area contributed by atoms with Crippen molar-refractivity contribution < 1.29 is 14.3 Å². The highest BCUT2D eigenvalue weighted by atomic mass is 16.5. The van der Waals surface area contributed by atoms with E-state index in [0.29, 0.717) is 17.4 Å². The first kappa shape index (κ1) is 21.5. The van der Waals surface area contributed by atoms with E-state index in [9.17, 15) is 15.3 Å². The fourth-order valence-corrected chi connectivity index (χ4v) is 5.43. The van der Waals surface area contributed by atoms with Gasteiger partial charge in [-0.25, -0.2) is 10.1 Å². The molecule has 1 aliphatic heterocycles. The number of nitrogens with one attached hydrogen (secondary N) is 1. The number of ether oxygens (including phenoxy) is 2. The number of rotatable bonds is 4. The highest BCUT2D eigenvalue weighted by molar-refractivity contribution is 5.84. The van der Waals surface area contributed by atoms with Crippen LogP contribution in [0.25, 0.3) is 10.4 Å². The molecule has 32 heavy (non-hydrogen) atoms. The Kier molecular flexibility index (Phi) is 5.41. The number of carbonyl (C=O) groups excluding carboxylic acids is 1. The summed E-state index contributed by atoms with van der Waals surface area (Å²) in [6, 6.07) is 12.0. The number of esters is 1. The average molecular weight is 428 g/mol. The number of anilines is 1. The minimum atomic E-state index is -0.843. The lowest BCUT2D eigenvalue weighted by atomic mass is 9.89. The molecule has 1 heterocycles. The van der Waals surface area contributed by atoms with Crippen LogP contribution in [-0.2, 0) is 14.3 Å². The molecule has 0 aromatic heterocycles. The van der Waals surface area contributed by atoms with Gasteiger partial charge in [0, 0.05) is 30.1 Å². The number of benzene rings is 1. The third-order valence-corrected chi connectivity index (χ3v) is 6.66. The van der Waals surface area contributed by atoms with Gasteiger partial charge in [0.2, 0.25) is 0 Å². The fourth-order valence-electron chi connectivity index (χ4n) is 5.43. The van der Waals surface area contributed by atoms with Gasteiger partial charge in [0.15, 0.2) is 5.76 Å². The Morgan fingerprint density at radius 2 is 2.00 bits per heavy atom. The topological polar surface area (TPSA) is 99.5 Å². The maximum Gasteiger partial charge on any atom is 0.304 e. The molecule has 2 aliphatic carbocycles. The van der Waals surface area contributed by atoms with Gasteiger partial charge < -0.3 is 14.8 Å². The monoisotopic (exact) mass is 428 g/mol. The van der Waals surface area contributed by atoms with Gasteiger partial charge >= 0.3 is 11.7 Å². The molecule has 4 unspecified atom stereocenters. The highest BCUT2D eigenvalue weighted by Crippen LogP contribution is 2.48. The van der Waals surface area contributed by atoms with Crippen molar-refractivity contribution in [3.05, 3.63) is 58.3 Å². The molecule has 0 radical (unpaired) electrons. The third kappa shape index (κ3) is 3.59. The summed E-state index contributed by atoms with van der Waals surface area (Å²) in [5.74, 6) is 0.639. The summed E-state index contributed by atoms with van der Waals surface area (Å²) in [5.41, 5.74) is 1.59. The van der Waals surface area contributed by atoms with Gasteiger partial charge in [-0.1, -0.05) is 12.1 Å². The van der Waals surface area contributed by atoms with Crippen molar-refractivity contribution in [2.24, 2.45) is 11.8 Å². The Morgan fingerprint density at radius 1 is 1.28 bits per heavy atom. The summed E-state index contributed by atoms with van der Waals surface area (Å²) >= 11 is 0. The summed E-state index contributed by atoms with van der Waals surface area (Å²) in [4.78, 5) is 14.6. The SMILES string of the molecule is [C-]#[N+]/C(C#N)=C1\OC(C)(C)C(c2ccc(NC3C4CCC3C(OC(C)=O)C4)cc2)=C1C#N. The first-order valence-electron chi connectivity index (χ1n) is 10.7. The second-order valence-electron chi connectivity index (χ2n) is 9.01. The molecule has 2 fully saturated rings. The molecule has 7 nitrogen and oxygen atoms in total. The predicted octanol–water partition coefficient (Wildman–Crippen LogP) is 4.57. The van der Waals surface area contributed by atoms with Crippen LogP contribution in [-0.4, -0.2) is 23.7 Å². The molecule has 3 aliphatic rings. The smallest absolute Gasteiger partial charge is 0.304 e. The molecule has 4 rings (SSSR count). The van der Waals surface area contributed by atoms with Crippen molar-refractivity contribution in [3.63, 3.8) is 0 Å². The van der Waals surface area contributed by atoms with Crippen molar-refractivity contribution in [2.75, 3.05) is 5.32 Å². The zero-order valence-corrected chi connectivity index (χ0v) is 18.3. The summed E-state index contributed by atoms with van der Waals surface area (Å²) in [6.07, 6.45) is 3.09. The molecule has 1 N–H and O–H groups in total. The van der Waals surface area contributed by atoms with Gasteiger partial charge in [0.1, 0.15) is 17.8 Å². The van der Waals surface area contributed by atoms with Gasteiger partial charge in [-0.2, -0.15) is 5.26 Å². The van der Waals surface area contributed by atoms with Crippen LogP contribution < -0.4 is 5.32 Å². The normalized spacial score (nSPS) is 28.9. The molecular formula is C25H24N4O3. The van der Waals surface area contributed by atoms with Crippen LogP contribution in [0.5, 0.6) is 0 Å².